The molecule has 2 unspecified atom stereocenters. The fraction of sp³-hybridized carbons (Fsp3) is 0.800. The number of rotatable bonds is 3. The van der Waals surface area contributed by atoms with Gasteiger partial charge in [-0.05, 0) is 70.1 Å². The summed E-state index contributed by atoms with van der Waals surface area (Å²) in [6.45, 7) is 3.68. The van der Waals surface area contributed by atoms with Crippen molar-refractivity contribution in [3.8, 4) is 0 Å². The molecule has 5 fully saturated rings. The third-order valence-electron chi connectivity index (χ3n) is 6.94. The fourth-order valence-corrected chi connectivity index (χ4v) is 7.24. The smallest absolute Gasteiger partial charge is 0.254 e. The summed E-state index contributed by atoms with van der Waals surface area (Å²) < 4.78 is 7.86. The number of aromatic nitrogens is 1. The van der Waals surface area contributed by atoms with Gasteiger partial charge in [-0.15, -0.1) is 11.3 Å². The number of aliphatic hydroxyl groups is 1. The van der Waals surface area contributed by atoms with E-state index in [2.05, 4.69) is 22.7 Å². The number of carbonyl (C=O) groups excluding carboxylic acids is 1. The minimum absolute atomic E-state index is 0.00738. The molecule has 6 rings (SSSR count). The van der Waals surface area contributed by atoms with Gasteiger partial charge in [-0.1, -0.05) is 0 Å². The Bertz CT molecular complexity index is 775. The minimum atomic E-state index is -0.617. The van der Waals surface area contributed by atoms with Crippen LogP contribution in [0.2, 0.25) is 0 Å². The highest BCUT2D eigenvalue weighted by atomic mass is 32.1. The second kappa shape index (κ2) is 6.01. The van der Waals surface area contributed by atoms with Crippen molar-refractivity contribution in [1.29, 1.82) is 0 Å². The van der Waals surface area contributed by atoms with Crippen molar-refractivity contribution >= 4 is 17.2 Å². The van der Waals surface area contributed by atoms with Crippen LogP contribution >= 0.6 is 11.3 Å². The molecule has 1 amide bonds. The van der Waals surface area contributed by atoms with Crippen LogP contribution in [0.4, 0.5) is 0 Å². The molecule has 1 saturated heterocycles. The zero-order chi connectivity index (χ0) is 17.9. The number of hydrogen-bond donors (Lipinski definition) is 1. The molecule has 26 heavy (non-hydrogen) atoms. The summed E-state index contributed by atoms with van der Waals surface area (Å²) in [5.74, 6) is 1.02. The Balaban J connectivity index is 1.44. The molecule has 1 N–H and O–H groups in total. The molecule has 4 aliphatic carbocycles. The summed E-state index contributed by atoms with van der Waals surface area (Å²) in [7, 11) is 0. The second-order valence-electron chi connectivity index (χ2n) is 9.29. The van der Waals surface area contributed by atoms with E-state index < -0.39 is 11.0 Å². The van der Waals surface area contributed by atoms with Gasteiger partial charge in [0.1, 0.15) is 0 Å². The highest BCUT2D eigenvalue weighted by molar-refractivity contribution is 7.09. The summed E-state index contributed by atoms with van der Waals surface area (Å²) in [6.07, 6.45) is 9.93. The van der Waals surface area contributed by atoms with Gasteiger partial charge in [-0.2, -0.15) is 4.99 Å². The summed E-state index contributed by atoms with van der Waals surface area (Å²) >= 11 is 1.59. The van der Waals surface area contributed by atoms with Crippen LogP contribution in [0.5, 0.6) is 0 Å². The van der Waals surface area contributed by atoms with Crippen LogP contribution in [0.25, 0.3) is 0 Å². The first kappa shape index (κ1) is 17.1. The zero-order valence-corrected chi connectivity index (χ0v) is 16.3. The highest BCUT2D eigenvalue weighted by Gasteiger charge is 2.60. The molecule has 3 atom stereocenters. The van der Waals surface area contributed by atoms with Crippen molar-refractivity contribution in [1.82, 2.24) is 4.57 Å². The molecule has 1 aliphatic heterocycles. The first-order valence-electron chi connectivity index (χ1n) is 10.0. The maximum Gasteiger partial charge on any atom is 0.254 e. The molecule has 5 nitrogen and oxygen atoms in total. The van der Waals surface area contributed by atoms with E-state index in [0.29, 0.717) is 18.3 Å². The Labute approximate surface area is 158 Å². The minimum Gasteiger partial charge on any atom is -0.390 e. The predicted molar refractivity (Wildman–Crippen MR) is 98.7 cm³/mol. The molecule has 6 heteroatoms. The van der Waals surface area contributed by atoms with Crippen LogP contribution in [0.3, 0.4) is 0 Å². The SMILES string of the molecule is Cc1cn(C[C@H]2CCCO2)c(=NC(=O)C23CC4CC(CC(O)(C4)C2)C3)s1. The van der Waals surface area contributed by atoms with Gasteiger partial charge < -0.3 is 14.4 Å². The lowest BCUT2D eigenvalue weighted by molar-refractivity contribution is -0.175. The van der Waals surface area contributed by atoms with Crippen LogP contribution in [-0.2, 0) is 16.1 Å². The van der Waals surface area contributed by atoms with Crippen LogP contribution in [-0.4, -0.2) is 33.9 Å². The van der Waals surface area contributed by atoms with Gasteiger partial charge in [-0.25, -0.2) is 0 Å². The molecule has 0 spiro atoms. The van der Waals surface area contributed by atoms with Gasteiger partial charge in [-0.3, -0.25) is 4.79 Å². The lowest BCUT2D eigenvalue weighted by Gasteiger charge is -2.58. The maximum absolute atomic E-state index is 13.3. The summed E-state index contributed by atoms with van der Waals surface area (Å²) in [6, 6.07) is 0. The Morgan fingerprint density at radius 3 is 2.81 bits per heavy atom. The third-order valence-corrected chi connectivity index (χ3v) is 7.88. The largest absolute Gasteiger partial charge is 0.390 e. The Kier molecular flexibility index (Phi) is 3.96. The molecule has 1 aromatic heterocycles. The number of carbonyl (C=O) groups is 1. The molecule has 4 saturated carbocycles. The average Bonchev–Trinajstić information content (AvgIpc) is 3.15. The van der Waals surface area contributed by atoms with Crippen molar-refractivity contribution in [2.45, 2.75) is 76.5 Å². The molecule has 4 bridgehead atoms. The van der Waals surface area contributed by atoms with Crippen molar-refractivity contribution in [3.05, 3.63) is 15.9 Å². The van der Waals surface area contributed by atoms with Gasteiger partial charge in [0.25, 0.3) is 5.91 Å². The van der Waals surface area contributed by atoms with Crippen LogP contribution in [0.1, 0.15) is 56.2 Å². The van der Waals surface area contributed by atoms with E-state index in [1.54, 1.807) is 11.3 Å². The molecule has 0 radical (unpaired) electrons. The number of thiazole rings is 1. The molecule has 0 aromatic carbocycles. The Morgan fingerprint density at radius 2 is 2.15 bits per heavy atom. The summed E-state index contributed by atoms with van der Waals surface area (Å²) in [5, 5.41) is 10.9. The maximum atomic E-state index is 13.3. The van der Waals surface area contributed by atoms with Crippen LogP contribution in [0, 0.1) is 24.2 Å². The van der Waals surface area contributed by atoms with Gasteiger partial charge in [0.05, 0.1) is 23.7 Å². The van der Waals surface area contributed by atoms with Crippen molar-refractivity contribution in [2.24, 2.45) is 22.2 Å². The molecule has 2 heterocycles. The normalized spacial score (nSPS) is 41.9. The molecular formula is C20H28N2O3S. The van der Waals surface area contributed by atoms with Crippen molar-refractivity contribution < 1.29 is 14.6 Å². The van der Waals surface area contributed by atoms with Gasteiger partial charge in [0.15, 0.2) is 4.80 Å². The monoisotopic (exact) mass is 376 g/mol. The Morgan fingerprint density at radius 1 is 1.38 bits per heavy atom. The standard InChI is InChI=1S/C20H28N2O3S/c1-13-10-22(11-16-3-2-4-25-16)18(26-13)21-17(23)19-6-14-5-15(7-19)9-20(24,8-14)12-19/h10,14-16,24H,2-9,11-12H2,1H3/t14?,15?,16-,19?,20?/m1/s1. The van der Waals surface area contributed by atoms with Crippen LogP contribution in [0.15, 0.2) is 11.2 Å². The topological polar surface area (TPSA) is 63.8 Å². The average molecular weight is 377 g/mol. The number of aryl methyl sites for hydroxylation is 1. The predicted octanol–water partition coefficient (Wildman–Crippen LogP) is 2.80. The third kappa shape index (κ3) is 2.90. The first-order valence-corrected chi connectivity index (χ1v) is 10.8. The number of ether oxygens (including phenoxy) is 1. The lowest BCUT2D eigenvalue weighted by atomic mass is 9.47. The van der Waals surface area contributed by atoms with Gasteiger partial charge in [0, 0.05) is 17.7 Å². The van der Waals surface area contributed by atoms with E-state index >= 15 is 0 Å². The number of amides is 1. The highest BCUT2D eigenvalue weighted by Crippen LogP contribution is 2.61. The summed E-state index contributed by atoms with van der Waals surface area (Å²) in [4.78, 5) is 19.9. The second-order valence-corrected chi connectivity index (χ2v) is 10.5. The van der Waals surface area contributed by atoms with Gasteiger partial charge >= 0.3 is 0 Å². The molecular weight excluding hydrogens is 348 g/mol. The summed E-state index contributed by atoms with van der Waals surface area (Å²) in [5.41, 5.74) is -1.04. The zero-order valence-electron chi connectivity index (χ0n) is 15.4. The van der Waals surface area contributed by atoms with E-state index in [1.165, 1.54) is 11.3 Å². The van der Waals surface area contributed by atoms with Crippen molar-refractivity contribution in [3.63, 3.8) is 0 Å². The molecule has 142 valence electrons. The lowest BCUT2D eigenvalue weighted by Crippen LogP contribution is -2.58. The van der Waals surface area contributed by atoms with Gasteiger partial charge in [0.2, 0.25) is 0 Å². The quantitative estimate of drug-likeness (QED) is 0.882. The van der Waals surface area contributed by atoms with E-state index in [0.717, 1.165) is 56.5 Å². The van der Waals surface area contributed by atoms with Crippen LogP contribution < -0.4 is 4.80 Å². The fourth-order valence-electron chi connectivity index (χ4n) is 6.40. The number of hydrogen-bond acceptors (Lipinski definition) is 4. The van der Waals surface area contributed by atoms with E-state index in [-0.39, 0.29) is 12.0 Å². The number of nitrogens with zero attached hydrogens (tertiary/aromatic N) is 2. The first-order chi connectivity index (χ1) is 12.4. The molecule has 5 aliphatic rings. The van der Waals surface area contributed by atoms with Crippen molar-refractivity contribution in [2.75, 3.05) is 6.61 Å². The Hall–Kier alpha value is -0.980. The molecule has 1 aromatic rings. The van der Waals surface area contributed by atoms with E-state index in [1.807, 2.05) is 0 Å². The van der Waals surface area contributed by atoms with E-state index in [9.17, 15) is 9.90 Å². The van der Waals surface area contributed by atoms with E-state index in [4.69, 9.17) is 4.74 Å².